The van der Waals surface area contributed by atoms with Crippen LogP contribution >= 0.6 is 0 Å². The summed E-state index contributed by atoms with van der Waals surface area (Å²) in [4.78, 5) is 6.77. The van der Waals surface area contributed by atoms with Crippen molar-refractivity contribution in [2.45, 2.75) is 6.36 Å². The van der Waals surface area contributed by atoms with Crippen LogP contribution in [0.3, 0.4) is 0 Å². The first-order chi connectivity index (χ1) is 11.9. The molecule has 0 spiro atoms. The number of benzene rings is 1. The lowest BCUT2D eigenvalue weighted by Gasteiger charge is -2.28. The highest BCUT2D eigenvalue weighted by Crippen LogP contribution is 2.29. The second-order valence-electron chi connectivity index (χ2n) is 5.52. The number of halogens is 3. The maximum absolute atomic E-state index is 12.3. The fourth-order valence-electron chi connectivity index (χ4n) is 2.59. The van der Waals surface area contributed by atoms with Gasteiger partial charge in [0, 0.05) is 37.5 Å². The van der Waals surface area contributed by atoms with Gasteiger partial charge in [-0.3, -0.25) is 0 Å². The van der Waals surface area contributed by atoms with E-state index >= 15 is 0 Å². The van der Waals surface area contributed by atoms with E-state index in [2.05, 4.69) is 19.9 Å². The van der Waals surface area contributed by atoms with Crippen molar-refractivity contribution in [1.82, 2.24) is 4.98 Å². The summed E-state index contributed by atoms with van der Waals surface area (Å²) in [6.07, 6.45) is -4.70. The summed E-state index contributed by atoms with van der Waals surface area (Å²) in [5.74, 6) is 0.551. The molecule has 1 aromatic carbocycles. The van der Waals surface area contributed by atoms with Crippen LogP contribution in [0.5, 0.6) is 5.75 Å². The summed E-state index contributed by atoms with van der Waals surface area (Å²) >= 11 is 0. The zero-order valence-corrected chi connectivity index (χ0v) is 13.6. The van der Waals surface area contributed by atoms with E-state index < -0.39 is 6.36 Å². The van der Waals surface area contributed by atoms with Crippen LogP contribution in [0.15, 0.2) is 36.4 Å². The second-order valence-corrected chi connectivity index (χ2v) is 5.52. The van der Waals surface area contributed by atoms with Crippen LogP contribution in [-0.2, 0) is 4.74 Å². The first kappa shape index (κ1) is 17.3. The van der Waals surface area contributed by atoms with Gasteiger partial charge in [0.1, 0.15) is 11.6 Å². The Morgan fingerprint density at radius 2 is 1.80 bits per heavy atom. The zero-order chi connectivity index (χ0) is 17.9. The number of pyridine rings is 1. The van der Waals surface area contributed by atoms with Crippen LogP contribution in [0, 0.1) is 0 Å². The van der Waals surface area contributed by atoms with Crippen LogP contribution < -0.4 is 15.0 Å². The molecule has 1 saturated heterocycles. The third-order valence-corrected chi connectivity index (χ3v) is 3.82. The van der Waals surface area contributed by atoms with Crippen molar-refractivity contribution in [2.24, 2.45) is 0 Å². The van der Waals surface area contributed by atoms with Gasteiger partial charge in [-0.15, -0.1) is 13.2 Å². The molecule has 0 aliphatic carbocycles. The lowest BCUT2D eigenvalue weighted by molar-refractivity contribution is -0.274. The van der Waals surface area contributed by atoms with Gasteiger partial charge < -0.3 is 19.7 Å². The number of ether oxygens (including phenoxy) is 2. The molecule has 0 amide bonds. The summed E-state index contributed by atoms with van der Waals surface area (Å²) in [5, 5.41) is 3.09. The Morgan fingerprint density at radius 3 is 2.40 bits per heavy atom. The van der Waals surface area contributed by atoms with Crippen molar-refractivity contribution in [3.63, 3.8) is 0 Å². The van der Waals surface area contributed by atoms with E-state index in [1.807, 2.05) is 19.2 Å². The predicted molar refractivity (Wildman–Crippen MR) is 88.9 cm³/mol. The average molecular weight is 353 g/mol. The van der Waals surface area contributed by atoms with Crippen LogP contribution in [0.25, 0.3) is 11.3 Å². The minimum absolute atomic E-state index is 0.255. The van der Waals surface area contributed by atoms with E-state index in [9.17, 15) is 13.2 Å². The molecule has 0 radical (unpaired) electrons. The Hall–Kier alpha value is -2.48. The Balaban J connectivity index is 1.88. The monoisotopic (exact) mass is 353 g/mol. The molecule has 1 aromatic heterocycles. The first-order valence-corrected chi connectivity index (χ1v) is 7.83. The number of alkyl halides is 3. The molecule has 0 unspecified atom stereocenters. The minimum atomic E-state index is -4.70. The van der Waals surface area contributed by atoms with Crippen molar-refractivity contribution < 1.29 is 22.6 Å². The third kappa shape index (κ3) is 4.54. The highest BCUT2D eigenvalue weighted by molar-refractivity contribution is 5.68. The average Bonchev–Trinajstić information content (AvgIpc) is 2.61. The van der Waals surface area contributed by atoms with Crippen molar-refractivity contribution >= 4 is 11.5 Å². The molecular formula is C17H18F3N3O2. The van der Waals surface area contributed by atoms with Gasteiger partial charge in [-0.1, -0.05) is 0 Å². The maximum Gasteiger partial charge on any atom is 0.573 e. The number of anilines is 2. The molecule has 8 heteroatoms. The molecular weight excluding hydrogens is 335 g/mol. The summed E-state index contributed by atoms with van der Waals surface area (Å²) in [6.45, 7) is 2.78. The topological polar surface area (TPSA) is 46.6 Å². The fraction of sp³-hybridized carbons (Fsp3) is 0.353. The van der Waals surface area contributed by atoms with Gasteiger partial charge in [-0.05, 0) is 30.3 Å². The highest BCUT2D eigenvalue weighted by atomic mass is 19.4. The normalized spacial score (nSPS) is 15.1. The molecule has 2 heterocycles. The summed E-state index contributed by atoms with van der Waals surface area (Å²) in [7, 11) is 1.81. The molecule has 134 valence electrons. The van der Waals surface area contributed by atoms with Gasteiger partial charge in [-0.2, -0.15) is 0 Å². The van der Waals surface area contributed by atoms with Crippen molar-refractivity contribution in [3.05, 3.63) is 36.4 Å². The molecule has 2 aromatic rings. The van der Waals surface area contributed by atoms with Gasteiger partial charge in [0.2, 0.25) is 0 Å². The van der Waals surface area contributed by atoms with E-state index in [0.29, 0.717) is 24.5 Å². The van der Waals surface area contributed by atoms with Gasteiger partial charge in [0.15, 0.2) is 0 Å². The first-order valence-electron chi connectivity index (χ1n) is 7.83. The summed E-state index contributed by atoms with van der Waals surface area (Å²) in [5.41, 5.74) is 2.26. The standard InChI is InChI=1S/C17H18F3N3O2/c1-21-13-10-15(22-16(11-13)23-6-8-24-9-7-23)12-2-4-14(5-3-12)25-17(18,19)20/h2-5,10-11H,6-9H2,1H3,(H,21,22). The minimum Gasteiger partial charge on any atom is -0.406 e. The third-order valence-electron chi connectivity index (χ3n) is 3.82. The number of aromatic nitrogens is 1. The summed E-state index contributed by atoms with van der Waals surface area (Å²) in [6, 6.07) is 9.48. The van der Waals surface area contributed by atoms with E-state index in [0.717, 1.165) is 24.6 Å². The molecule has 1 aliphatic heterocycles. The van der Waals surface area contributed by atoms with E-state index in [-0.39, 0.29) is 5.75 Å². The van der Waals surface area contributed by atoms with Gasteiger partial charge in [0.05, 0.1) is 18.9 Å². The van der Waals surface area contributed by atoms with Crippen LogP contribution in [0.2, 0.25) is 0 Å². The summed E-state index contributed by atoms with van der Waals surface area (Å²) < 4.78 is 46.0. The predicted octanol–water partition coefficient (Wildman–Crippen LogP) is 3.53. The fourth-order valence-corrected chi connectivity index (χ4v) is 2.59. The number of hydrogen-bond donors (Lipinski definition) is 1. The molecule has 0 bridgehead atoms. The number of hydrogen-bond acceptors (Lipinski definition) is 5. The maximum atomic E-state index is 12.3. The Labute approximate surface area is 143 Å². The Kier molecular flexibility index (Phi) is 4.98. The van der Waals surface area contributed by atoms with Crippen molar-refractivity contribution in [1.29, 1.82) is 0 Å². The number of morpholine rings is 1. The van der Waals surface area contributed by atoms with Gasteiger partial charge in [-0.25, -0.2) is 4.98 Å². The molecule has 1 aliphatic rings. The quantitative estimate of drug-likeness (QED) is 0.911. The Bertz CT molecular complexity index is 714. The molecule has 5 nitrogen and oxygen atoms in total. The van der Waals surface area contributed by atoms with Crippen LogP contribution in [0.4, 0.5) is 24.7 Å². The lowest BCUT2D eigenvalue weighted by atomic mass is 10.1. The molecule has 1 fully saturated rings. The van der Waals surface area contributed by atoms with E-state index in [4.69, 9.17) is 4.74 Å². The van der Waals surface area contributed by atoms with E-state index in [1.54, 1.807) is 12.1 Å². The molecule has 25 heavy (non-hydrogen) atoms. The number of nitrogens with one attached hydrogen (secondary N) is 1. The smallest absolute Gasteiger partial charge is 0.406 e. The Morgan fingerprint density at radius 1 is 1.12 bits per heavy atom. The van der Waals surface area contributed by atoms with Gasteiger partial charge in [0.25, 0.3) is 0 Å². The zero-order valence-electron chi connectivity index (χ0n) is 13.6. The SMILES string of the molecule is CNc1cc(-c2ccc(OC(F)(F)F)cc2)nc(N2CCOCC2)c1. The highest BCUT2D eigenvalue weighted by Gasteiger charge is 2.31. The number of nitrogens with zero attached hydrogens (tertiary/aromatic N) is 2. The van der Waals surface area contributed by atoms with Crippen molar-refractivity contribution in [2.75, 3.05) is 43.6 Å². The molecule has 0 atom stereocenters. The molecule has 1 N–H and O–H groups in total. The number of rotatable bonds is 4. The lowest BCUT2D eigenvalue weighted by Crippen LogP contribution is -2.36. The molecule has 0 saturated carbocycles. The van der Waals surface area contributed by atoms with E-state index in [1.165, 1.54) is 12.1 Å². The molecule has 3 rings (SSSR count). The second kappa shape index (κ2) is 7.18. The van der Waals surface area contributed by atoms with Crippen molar-refractivity contribution in [3.8, 4) is 17.0 Å². The van der Waals surface area contributed by atoms with Crippen LogP contribution in [-0.4, -0.2) is 44.7 Å². The largest absolute Gasteiger partial charge is 0.573 e. The van der Waals surface area contributed by atoms with Gasteiger partial charge >= 0.3 is 6.36 Å². The van der Waals surface area contributed by atoms with Crippen LogP contribution in [0.1, 0.15) is 0 Å².